The first-order valence-corrected chi connectivity index (χ1v) is 13.2. The highest BCUT2D eigenvalue weighted by Gasteiger charge is 2.32. The lowest BCUT2D eigenvalue weighted by Gasteiger charge is -2.33. The molecule has 2 amide bonds. The molecule has 0 fully saturated rings. The molecule has 0 aliphatic heterocycles. The third-order valence-electron chi connectivity index (χ3n) is 5.32. The fourth-order valence-electron chi connectivity index (χ4n) is 3.61. The number of nitrogens with one attached hydrogen (secondary N) is 1. The number of likely N-dealkylation sites (N-methyl/N-ethyl adjacent to an activating group) is 1. The van der Waals surface area contributed by atoms with Crippen molar-refractivity contribution in [2.24, 2.45) is 0 Å². The lowest BCUT2D eigenvalue weighted by Crippen LogP contribution is -2.52. The van der Waals surface area contributed by atoms with Crippen molar-refractivity contribution in [1.82, 2.24) is 10.2 Å². The van der Waals surface area contributed by atoms with Crippen LogP contribution in [0.2, 0.25) is 5.02 Å². The number of benzene rings is 2. The van der Waals surface area contributed by atoms with Gasteiger partial charge in [-0.05, 0) is 49.6 Å². The van der Waals surface area contributed by atoms with Crippen LogP contribution in [0.3, 0.4) is 0 Å². The third-order valence-corrected chi connectivity index (χ3v) is 6.81. The Morgan fingerprint density at radius 2 is 1.82 bits per heavy atom. The summed E-state index contributed by atoms with van der Waals surface area (Å²) in [6.45, 7) is 5.36. The van der Waals surface area contributed by atoms with Crippen molar-refractivity contribution in [3.8, 4) is 5.75 Å². The highest BCUT2D eigenvalue weighted by molar-refractivity contribution is 7.92. The van der Waals surface area contributed by atoms with Gasteiger partial charge in [0.2, 0.25) is 21.8 Å². The lowest BCUT2D eigenvalue weighted by atomic mass is 10.1. The fourth-order valence-corrected chi connectivity index (χ4v) is 4.65. The number of sulfonamides is 1. The predicted octanol–water partition coefficient (Wildman–Crippen LogP) is 3.37. The van der Waals surface area contributed by atoms with Crippen LogP contribution in [0.5, 0.6) is 5.75 Å². The predicted molar refractivity (Wildman–Crippen MR) is 135 cm³/mol. The van der Waals surface area contributed by atoms with E-state index in [2.05, 4.69) is 5.32 Å². The van der Waals surface area contributed by atoms with Gasteiger partial charge in [-0.15, -0.1) is 0 Å². The van der Waals surface area contributed by atoms with Crippen LogP contribution in [-0.2, 0) is 26.2 Å². The van der Waals surface area contributed by atoms with E-state index in [0.29, 0.717) is 29.3 Å². The summed E-state index contributed by atoms with van der Waals surface area (Å²) in [5.41, 5.74) is 1.71. The number of amides is 2. The zero-order chi connectivity index (χ0) is 25.5. The van der Waals surface area contributed by atoms with E-state index in [0.717, 1.165) is 16.1 Å². The number of nitrogens with zero attached hydrogens (tertiary/aromatic N) is 2. The fraction of sp³-hybridized carbons (Fsp3) is 0.417. The van der Waals surface area contributed by atoms with E-state index in [1.165, 1.54) is 12.0 Å². The summed E-state index contributed by atoms with van der Waals surface area (Å²) in [6.07, 6.45) is 1.37. The van der Waals surface area contributed by atoms with E-state index in [4.69, 9.17) is 16.3 Å². The van der Waals surface area contributed by atoms with Crippen LogP contribution in [0.1, 0.15) is 31.4 Å². The van der Waals surface area contributed by atoms with E-state index >= 15 is 0 Å². The highest BCUT2D eigenvalue weighted by atomic mass is 35.5. The van der Waals surface area contributed by atoms with Crippen molar-refractivity contribution in [3.63, 3.8) is 0 Å². The molecule has 186 valence electrons. The Bertz CT molecular complexity index is 1120. The first kappa shape index (κ1) is 27.5. The van der Waals surface area contributed by atoms with Gasteiger partial charge in [0, 0.05) is 18.1 Å². The van der Waals surface area contributed by atoms with Gasteiger partial charge in [-0.2, -0.15) is 0 Å². The molecule has 0 heterocycles. The summed E-state index contributed by atoms with van der Waals surface area (Å²) in [7, 11) is -2.43. The van der Waals surface area contributed by atoms with E-state index < -0.39 is 28.5 Å². The number of hydrogen-bond donors (Lipinski definition) is 1. The molecule has 0 aromatic heterocycles. The minimum atomic E-state index is -3.86. The SMILES string of the molecule is CCNC(=O)[C@@H](CC)N(Cc1ccccc1Cl)C(=O)CN(c1cc(C)ccc1OC)S(C)(=O)=O. The van der Waals surface area contributed by atoms with Crippen LogP contribution in [0.25, 0.3) is 0 Å². The summed E-state index contributed by atoms with van der Waals surface area (Å²) in [6, 6.07) is 11.3. The molecule has 0 saturated heterocycles. The molecular formula is C24H32ClN3O5S. The number of halogens is 1. The molecule has 10 heteroatoms. The molecule has 0 bridgehead atoms. The lowest BCUT2D eigenvalue weighted by molar-refractivity contribution is -0.140. The standard InChI is InChI=1S/C24H32ClN3O5S/c1-6-20(24(30)26-7-2)27(15-18-10-8-9-11-19(18)25)23(29)16-28(34(5,31)32)21-14-17(3)12-13-22(21)33-4/h8-14,20H,6-7,15-16H2,1-5H3,(H,26,30)/t20-/m1/s1. The van der Waals surface area contributed by atoms with E-state index in [-0.39, 0.29) is 18.1 Å². The minimum absolute atomic E-state index is 0.0523. The summed E-state index contributed by atoms with van der Waals surface area (Å²) in [5.74, 6) is -0.534. The summed E-state index contributed by atoms with van der Waals surface area (Å²) >= 11 is 6.33. The second-order valence-electron chi connectivity index (χ2n) is 7.88. The van der Waals surface area contributed by atoms with Crippen molar-refractivity contribution < 1.29 is 22.7 Å². The number of ether oxygens (including phenoxy) is 1. The summed E-state index contributed by atoms with van der Waals surface area (Å²) in [5, 5.41) is 3.21. The average Bonchev–Trinajstić information content (AvgIpc) is 2.77. The van der Waals surface area contributed by atoms with Gasteiger partial charge in [0.05, 0.1) is 19.1 Å². The minimum Gasteiger partial charge on any atom is -0.495 e. The van der Waals surface area contributed by atoms with Crippen molar-refractivity contribution in [2.45, 2.75) is 39.8 Å². The summed E-state index contributed by atoms with van der Waals surface area (Å²) in [4.78, 5) is 27.8. The van der Waals surface area contributed by atoms with Crippen molar-refractivity contribution >= 4 is 39.1 Å². The van der Waals surface area contributed by atoms with Crippen LogP contribution in [-0.4, -0.2) is 57.6 Å². The van der Waals surface area contributed by atoms with Crippen molar-refractivity contribution in [1.29, 1.82) is 0 Å². The Morgan fingerprint density at radius 3 is 2.38 bits per heavy atom. The Balaban J connectivity index is 2.52. The van der Waals surface area contributed by atoms with Gasteiger partial charge in [-0.3, -0.25) is 13.9 Å². The van der Waals surface area contributed by atoms with Gasteiger partial charge in [0.25, 0.3) is 0 Å². The molecule has 0 aliphatic carbocycles. The van der Waals surface area contributed by atoms with Gasteiger partial charge in [-0.1, -0.05) is 42.8 Å². The molecule has 34 heavy (non-hydrogen) atoms. The van der Waals surface area contributed by atoms with Gasteiger partial charge in [-0.25, -0.2) is 8.42 Å². The number of hydrogen-bond acceptors (Lipinski definition) is 5. The monoisotopic (exact) mass is 509 g/mol. The molecule has 0 spiro atoms. The third kappa shape index (κ3) is 6.87. The van der Waals surface area contributed by atoms with Crippen LogP contribution >= 0.6 is 11.6 Å². The molecule has 2 rings (SSSR count). The molecule has 1 atom stereocenters. The number of anilines is 1. The largest absolute Gasteiger partial charge is 0.495 e. The molecule has 0 saturated carbocycles. The average molecular weight is 510 g/mol. The molecule has 1 N–H and O–H groups in total. The zero-order valence-corrected chi connectivity index (χ0v) is 21.7. The van der Waals surface area contributed by atoms with Crippen LogP contribution in [0, 0.1) is 6.92 Å². The van der Waals surface area contributed by atoms with Gasteiger partial charge >= 0.3 is 0 Å². The Labute approximate surface area is 206 Å². The smallest absolute Gasteiger partial charge is 0.244 e. The number of rotatable bonds is 11. The number of carbonyl (C=O) groups excluding carboxylic acids is 2. The quantitative estimate of drug-likeness (QED) is 0.501. The van der Waals surface area contributed by atoms with Gasteiger partial charge in [0.15, 0.2) is 0 Å². The number of aryl methyl sites for hydroxylation is 1. The first-order chi connectivity index (χ1) is 16.0. The van der Waals surface area contributed by atoms with Crippen LogP contribution in [0.15, 0.2) is 42.5 Å². The van der Waals surface area contributed by atoms with Gasteiger partial charge < -0.3 is 15.0 Å². The Kier molecular flexibility index (Phi) is 9.76. The molecule has 0 aliphatic rings. The molecular weight excluding hydrogens is 478 g/mol. The molecule has 2 aromatic rings. The van der Waals surface area contributed by atoms with Crippen LogP contribution in [0.4, 0.5) is 5.69 Å². The van der Waals surface area contributed by atoms with E-state index in [1.54, 1.807) is 56.3 Å². The normalized spacial score (nSPS) is 12.1. The van der Waals surface area contributed by atoms with E-state index in [9.17, 15) is 18.0 Å². The highest BCUT2D eigenvalue weighted by Crippen LogP contribution is 2.31. The van der Waals surface area contributed by atoms with Crippen molar-refractivity contribution in [3.05, 3.63) is 58.6 Å². The zero-order valence-electron chi connectivity index (χ0n) is 20.2. The second-order valence-corrected chi connectivity index (χ2v) is 10.2. The number of methoxy groups -OCH3 is 1. The molecule has 2 aromatic carbocycles. The van der Waals surface area contributed by atoms with Gasteiger partial charge in [0.1, 0.15) is 18.3 Å². The first-order valence-electron chi connectivity index (χ1n) is 11.0. The van der Waals surface area contributed by atoms with E-state index in [1.807, 2.05) is 6.92 Å². The maximum absolute atomic E-state index is 13.6. The summed E-state index contributed by atoms with van der Waals surface area (Å²) < 4.78 is 31.9. The van der Waals surface area contributed by atoms with Crippen LogP contribution < -0.4 is 14.4 Å². The topological polar surface area (TPSA) is 96.0 Å². The molecule has 8 nitrogen and oxygen atoms in total. The Morgan fingerprint density at radius 1 is 1.15 bits per heavy atom. The Hall–Kier alpha value is -2.78. The number of carbonyl (C=O) groups is 2. The second kappa shape index (κ2) is 12.1. The molecule has 0 radical (unpaired) electrons. The maximum atomic E-state index is 13.6. The van der Waals surface area contributed by atoms with Crippen molar-refractivity contribution in [2.75, 3.05) is 30.8 Å². The molecule has 0 unspecified atom stereocenters. The maximum Gasteiger partial charge on any atom is 0.244 e.